The number of nitrogens with one attached hydrogen (secondary N) is 1. The second kappa shape index (κ2) is 8.42. The van der Waals surface area contributed by atoms with Crippen molar-refractivity contribution in [3.8, 4) is 0 Å². The van der Waals surface area contributed by atoms with Crippen LogP contribution in [0.25, 0.3) is 0 Å². The van der Waals surface area contributed by atoms with E-state index in [4.69, 9.17) is 11.6 Å². The van der Waals surface area contributed by atoms with E-state index < -0.39 is 33.5 Å². The summed E-state index contributed by atoms with van der Waals surface area (Å²) in [7, 11) is -4.25. The lowest BCUT2D eigenvalue weighted by Gasteiger charge is -2.12. The Balaban J connectivity index is 1.94. The highest BCUT2D eigenvalue weighted by atomic mass is 35.5. The third kappa shape index (κ3) is 4.38. The molecule has 0 radical (unpaired) electrons. The molecule has 1 aliphatic heterocycles. The largest absolute Gasteiger partial charge is 0.283 e. The van der Waals surface area contributed by atoms with Gasteiger partial charge in [-0.1, -0.05) is 43.1 Å². The van der Waals surface area contributed by atoms with E-state index in [1.807, 2.05) is 11.6 Å². The number of nitrogens with zero attached hydrogens (tertiary/aromatic N) is 1. The van der Waals surface area contributed by atoms with E-state index in [9.17, 15) is 22.0 Å². The standard InChI is InChI=1S/C20H17ClF2N2O3S/c1-2-6-12-11-16(24-19(12)18-14(22)8-5-9-15(18)23)20(26)25-29(27,28)17-10-4-3-7-13(17)21/h3-5,7-12H,2,6H2,1H3,(H,25,26). The molecule has 0 saturated heterocycles. The van der Waals surface area contributed by atoms with Gasteiger partial charge in [0.2, 0.25) is 0 Å². The first kappa shape index (κ1) is 21.1. The molecule has 1 amide bonds. The Morgan fingerprint density at radius 3 is 2.41 bits per heavy atom. The highest BCUT2D eigenvalue weighted by molar-refractivity contribution is 7.90. The number of allylic oxidation sites excluding steroid dienone is 1. The maximum Gasteiger partial charge on any atom is 0.283 e. The quantitative estimate of drug-likeness (QED) is 0.733. The smallest absolute Gasteiger partial charge is 0.266 e. The Labute approximate surface area is 172 Å². The first-order valence-electron chi connectivity index (χ1n) is 8.81. The van der Waals surface area contributed by atoms with E-state index in [0.29, 0.717) is 12.8 Å². The minimum atomic E-state index is -4.25. The SMILES string of the molecule is CCCC1C=C(C(=O)NS(=O)(=O)c2ccccc2Cl)N=C1c1c(F)cccc1F. The molecular formula is C20H17ClF2N2O3S. The van der Waals surface area contributed by atoms with Crippen molar-refractivity contribution in [2.45, 2.75) is 24.7 Å². The van der Waals surface area contributed by atoms with Gasteiger partial charge in [-0.05, 0) is 36.8 Å². The number of amides is 1. The second-order valence-corrected chi connectivity index (χ2v) is 8.46. The Morgan fingerprint density at radius 2 is 1.79 bits per heavy atom. The molecule has 0 aliphatic carbocycles. The van der Waals surface area contributed by atoms with Crippen molar-refractivity contribution in [3.63, 3.8) is 0 Å². The number of carbonyl (C=O) groups excluding carboxylic acids is 1. The van der Waals surface area contributed by atoms with Crippen LogP contribution in [0.3, 0.4) is 0 Å². The molecule has 5 nitrogen and oxygen atoms in total. The fourth-order valence-corrected chi connectivity index (χ4v) is 4.53. The van der Waals surface area contributed by atoms with Crippen molar-refractivity contribution < 1.29 is 22.0 Å². The molecule has 9 heteroatoms. The summed E-state index contributed by atoms with van der Waals surface area (Å²) < 4.78 is 55.3. The molecule has 152 valence electrons. The van der Waals surface area contributed by atoms with Crippen molar-refractivity contribution in [1.82, 2.24) is 4.72 Å². The number of sulfonamides is 1. The van der Waals surface area contributed by atoms with E-state index in [1.54, 1.807) is 6.07 Å². The van der Waals surface area contributed by atoms with Gasteiger partial charge in [-0.25, -0.2) is 26.9 Å². The fourth-order valence-electron chi connectivity index (χ4n) is 3.05. The van der Waals surface area contributed by atoms with Gasteiger partial charge in [-0.3, -0.25) is 4.79 Å². The molecule has 2 aromatic carbocycles. The lowest BCUT2D eigenvalue weighted by Crippen LogP contribution is -2.31. The summed E-state index contributed by atoms with van der Waals surface area (Å²) in [6.07, 6.45) is 2.58. The Hall–Kier alpha value is -2.58. The summed E-state index contributed by atoms with van der Waals surface area (Å²) in [6, 6.07) is 9.09. The predicted octanol–water partition coefficient (Wildman–Crippen LogP) is 4.23. The molecule has 0 fully saturated rings. The zero-order valence-corrected chi connectivity index (χ0v) is 16.9. The minimum Gasteiger partial charge on any atom is -0.266 e. The number of carbonyl (C=O) groups is 1. The van der Waals surface area contributed by atoms with Crippen LogP contribution in [0.4, 0.5) is 8.78 Å². The summed E-state index contributed by atoms with van der Waals surface area (Å²) >= 11 is 5.90. The zero-order valence-electron chi connectivity index (χ0n) is 15.3. The third-order valence-corrected chi connectivity index (χ3v) is 6.19. The number of benzene rings is 2. The molecule has 0 saturated carbocycles. The molecule has 2 aromatic rings. The van der Waals surface area contributed by atoms with Gasteiger partial charge in [0.05, 0.1) is 16.3 Å². The normalized spacial score (nSPS) is 16.3. The number of rotatable bonds is 6. The number of aliphatic imine (C=N–C) groups is 1. The first-order chi connectivity index (χ1) is 13.7. The van der Waals surface area contributed by atoms with E-state index >= 15 is 0 Å². The van der Waals surface area contributed by atoms with E-state index in [1.165, 1.54) is 30.3 Å². The van der Waals surface area contributed by atoms with Gasteiger partial charge in [-0.15, -0.1) is 0 Å². The highest BCUT2D eigenvalue weighted by Crippen LogP contribution is 2.29. The predicted molar refractivity (Wildman–Crippen MR) is 106 cm³/mol. The van der Waals surface area contributed by atoms with Crippen LogP contribution >= 0.6 is 11.6 Å². The van der Waals surface area contributed by atoms with Crippen molar-refractivity contribution in [1.29, 1.82) is 0 Å². The van der Waals surface area contributed by atoms with Gasteiger partial charge in [0.1, 0.15) is 22.2 Å². The van der Waals surface area contributed by atoms with E-state index in [0.717, 1.165) is 12.1 Å². The van der Waals surface area contributed by atoms with Gasteiger partial charge in [0.25, 0.3) is 15.9 Å². The Kier molecular flexibility index (Phi) is 6.14. The van der Waals surface area contributed by atoms with Crippen molar-refractivity contribution in [3.05, 3.63) is 76.5 Å². The summed E-state index contributed by atoms with van der Waals surface area (Å²) in [5.41, 5.74) is -0.488. The topological polar surface area (TPSA) is 75.6 Å². The Bertz CT molecular complexity index is 1110. The summed E-state index contributed by atoms with van der Waals surface area (Å²) in [4.78, 5) is 16.4. The molecule has 1 heterocycles. The monoisotopic (exact) mass is 438 g/mol. The molecule has 1 aliphatic rings. The molecule has 1 N–H and O–H groups in total. The average Bonchev–Trinajstić information content (AvgIpc) is 3.06. The molecule has 1 unspecified atom stereocenters. The molecule has 29 heavy (non-hydrogen) atoms. The number of hydrogen-bond donors (Lipinski definition) is 1. The second-order valence-electron chi connectivity index (χ2n) is 6.41. The van der Waals surface area contributed by atoms with E-state index in [2.05, 4.69) is 4.99 Å². The average molecular weight is 439 g/mol. The molecule has 0 bridgehead atoms. The molecule has 1 atom stereocenters. The van der Waals surface area contributed by atoms with Crippen LogP contribution < -0.4 is 4.72 Å². The van der Waals surface area contributed by atoms with Crippen LogP contribution in [0.5, 0.6) is 0 Å². The summed E-state index contributed by atoms with van der Waals surface area (Å²) in [5.74, 6) is -3.12. The molecule has 0 aromatic heterocycles. The minimum absolute atomic E-state index is 0.0466. The summed E-state index contributed by atoms with van der Waals surface area (Å²) in [5, 5.41) is -0.0466. The highest BCUT2D eigenvalue weighted by Gasteiger charge is 2.31. The number of hydrogen-bond acceptors (Lipinski definition) is 4. The van der Waals surface area contributed by atoms with E-state index in [-0.39, 0.29) is 26.9 Å². The lowest BCUT2D eigenvalue weighted by atomic mass is 9.93. The van der Waals surface area contributed by atoms with Crippen molar-refractivity contribution in [2.75, 3.05) is 0 Å². The van der Waals surface area contributed by atoms with Gasteiger partial charge in [-0.2, -0.15) is 0 Å². The van der Waals surface area contributed by atoms with Crippen LogP contribution in [0, 0.1) is 17.6 Å². The molecular weight excluding hydrogens is 422 g/mol. The zero-order chi connectivity index (χ0) is 21.2. The number of halogens is 3. The lowest BCUT2D eigenvalue weighted by molar-refractivity contribution is -0.115. The van der Waals surface area contributed by atoms with Crippen molar-refractivity contribution in [2.24, 2.45) is 10.9 Å². The fraction of sp³-hybridized carbons (Fsp3) is 0.200. The first-order valence-corrected chi connectivity index (χ1v) is 10.7. The van der Waals surface area contributed by atoms with Gasteiger partial charge in [0.15, 0.2) is 0 Å². The maximum atomic E-state index is 14.2. The van der Waals surface area contributed by atoms with Gasteiger partial charge in [0, 0.05) is 5.92 Å². The molecule has 3 rings (SSSR count). The van der Waals surface area contributed by atoms with Crippen LogP contribution in [0.1, 0.15) is 25.3 Å². The van der Waals surface area contributed by atoms with Gasteiger partial charge >= 0.3 is 0 Å². The molecule has 0 spiro atoms. The maximum absolute atomic E-state index is 14.2. The Morgan fingerprint density at radius 1 is 1.14 bits per heavy atom. The van der Waals surface area contributed by atoms with Crippen LogP contribution in [-0.2, 0) is 14.8 Å². The van der Waals surface area contributed by atoms with Crippen molar-refractivity contribution >= 4 is 33.2 Å². The third-order valence-electron chi connectivity index (χ3n) is 4.36. The van der Waals surface area contributed by atoms with Crippen LogP contribution in [0.15, 0.2) is 64.1 Å². The van der Waals surface area contributed by atoms with Crippen LogP contribution in [-0.4, -0.2) is 20.0 Å². The van der Waals surface area contributed by atoms with Crippen LogP contribution in [0.2, 0.25) is 5.02 Å². The van der Waals surface area contributed by atoms with Gasteiger partial charge < -0.3 is 0 Å². The summed E-state index contributed by atoms with van der Waals surface area (Å²) in [6.45, 7) is 1.88.